The van der Waals surface area contributed by atoms with E-state index in [4.69, 9.17) is 16.3 Å². The molecule has 1 aromatic heterocycles. The van der Waals surface area contributed by atoms with Gasteiger partial charge in [0.25, 0.3) is 5.91 Å². The van der Waals surface area contributed by atoms with Crippen LogP contribution in [-0.4, -0.2) is 10.9 Å². The predicted molar refractivity (Wildman–Crippen MR) is 102 cm³/mol. The van der Waals surface area contributed by atoms with Crippen LogP contribution in [0.4, 0.5) is 10.1 Å². The minimum atomic E-state index is -0.322. The van der Waals surface area contributed by atoms with Crippen molar-refractivity contribution in [2.24, 2.45) is 0 Å². The maximum atomic E-state index is 12.9. The average Bonchev–Trinajstić information content (AvgIpc) is 2.98. The third-order valence-electron chi connectivity index (χ3n) is 3.65. The number of anilines is 1. The zero-order chi connectivity index (χ0) is 18.7. The van der Waals surface area contributed by atoms with Gasteiger partial charge in [0.2, 0.25) is 0 Å². The lowest BCUT2D eigenvalue weighted by molar-refractivity contribution is 0.103. The van der Waals surface area contributed by atoms with E-state index in [-0.39, 0.29) is 18.3 Å². The van der Waals surface area contributed by atoms with Crippen LogP contribution >= 0.6 is 22.9 Å². The van der Waals surface area contributed by atoms with Crippen LogP contribution in [0.15, 0.2) is 42.5 Å². The monoisotopic (exact) mass is 390 g/mol. The Morgan fingerprint density at radius 1 is 1.23 bits per heavy atom. The number of nitrogens with one attached hydrogen (secondary N) is 1. The zero-order valence-electron chi connectivity index (χ0n) is 14.2. The molecule has 0 saturated heterocycles. The van der Waals surface area contributed by atoms with Crippen LogP contribution in [-0.2, 0) is 6.61 Å². The largest absolute Gasteiger partial charge is 0.486 e. The lowest BCUT2D eigenvalue weighted by atomic mass is 10.2. The Hall–Kier alpha value is -2.44. The third-order valence-corrected chi connectivity index (χ3v) is 5.19. The molecule has 3 aromatic rings. The maximum absolute atomic E-state index is 12.9. The van der Waals surface area contributed by atoms with Gasteiger partial charge >= 0.3 is 0 Å². The van der Waals surface area contributed by atoms with Crippen molar-refractivity contribution < 1.29 is 13.9 Å². The SMILES string of the molecule is Cc1ccc(NC(=O)c2sc(COc3ccc(F)cc3)nc2C)cc1Cl. The second-order valence-corrected chi connectivity index (χ2v) is 7.17. The van der Waals surface area contributed by atoms with E-state index in [2.05, 4.69) is 10.3 Å². The molecule has 0 bridgehead atoms. The molecule has 0 aliphatic rings. The lowest BCUT2D eigenvalue weighted by Crippen LogP contribution is -2.11. The minimum absolute atomic E-state index is 0.209. The molecule has 0 atom stereocenters. The molecule has 1 N–H and O–H groups in total. The summed E-state index contributed by atoms with van der Waals surface area (Å²) in [4.78, 5) is 17.4. The van der Waals surface area contributed by atoms with E-state index in [0.29, 0.717) is 32.0 Å². The van der Waals surface area contributed by atoms with Gasteiger partial charge in [-0.1, -0.05) is 17.7 Å². The van der Waals surface area contributed by atoms with Gasteiger partial charge < -0.3 is 10.1 Å². The van der Waals surface area contributed by atoms with E-state index in [9.17, 15) is 9.18 Å². The number of benzene rings is 2. The molecule has 134 valence electrons. The highest BCUT2D eigenvalue weighted by Gasteiger charge is 2.16. The Morgan fingerprint density at radius 3 is 2.65 bits per heavy atom. The molecule has 0 saturated carbocycles. The molecule has 0 unspecified atom stereocenters. The van der Waals surface area contributed by atoms with Crippen LogP contribution in [0, 0.1) is 19.7 Å². The van der Waals surface area contributed by atoms with E-state index in [0.717, 1.165) is 5.56 Å². The standard InChI is InChI=1S/C19H16ClFN2O2S/c1-11-3-6-14(9-16(11)20)23-19(24)18-12(2)22-17(26-18)10-25-15-7-4-13(21)5-8-15/h3-9H,10H2,1-2H3,(H,23,24). The number of nitrogens with zero attached hydrogens (tertiary/aromatic N) is 1. The van der Waals surface area contributed by atoms with Crippen molar-refractivity contribution in [1.29, 1.82) is 0 Å². The number of amides is 1. The molecule has 0 aliphatic carbocycles. The van der Waals surface area contributed by atoms with Crippen molar-refractivity contribution in [1.82, 2.24) is 4.98 Å². The van der Waals surface area contributed by atoms with Gasteiger partial charge in [-0.05, 0) is 55.8 Å². The van der Waals surface area contributed by atoms with Crippen molar-refractivity contribution in [2.45, 2.75) is 20.5 Å². The summed E-state index contributed by atoms with van der Waals surface area (Å²) >= 11 is 7.35. The summed E-state index contributed by atoms with van der Waals surface area (Å²) in [5, 5.41) is 4.09. The van der Waals surface area contributed by atoms with E-state index >= 15 is 0 Å². The molecule has 0 aliphatic heterocycles. The molecule has 0 spiro atoms. The highest BCUT2D eigenvalue weighted by atomic mass is 35.5. The number of hydrogen-bond donors (Lipinski definition) is 1. The second-order valence-electron chi connectivity index (χ2n) is 5.68. The number of halogens is 2. The number of ether oxygens (including phenoxy) is 1. The van der Waals surface area contributed by atoms with Gasteiger partial charge in [-0.2, -0.15) is 0 Å². The number of rotatable bonds is 5. The van der Waals surface area contributed by atoms with Crippen LogP contribution in [0.3, 0.4) is 0 Å². The fraction of sp³-hybridized carbons (Fsp3) is 0.158. The first kappa shape index (κ1) is 18.4. The Labute approximate surface area is 159 Å². The van der Waals surface area contributed by atoms with Crippen LogP contribution in [0.2, 0.25) is 5.02 Å². The third kappa shape index (κ3) is 4.39. The van der Waals surface area contributed by atoms with Crippen molar-refractivity contribution in [3.8, 4) is 5.75 Å². The van der Waals surface area contributed by atoms with E-state index in [1.807, 2.05) is 13.0 Å². The van der Waals surface area contributed by atoms with Crippen molar-refractivity contribution in [3.05, 3.63) is 74.4 Å². The number of carbonyl (C=O) groups excluding carboxylic acids is 1. The molecule has 0 radical (unpaired) electrons. The Balaban J connectivity index is 1.67. The smallest absolute Gasteiger partial charge is 0.267 e. The first-order valence-corrected chi connectivity index (χ1v) is 9.04. The van der Waals surface area contributed by atoms with Crippen LogP contribution in [0.5, 0.6) is 5.75 Å². The number of hydrogen-bond acceptors (Lipinski definition) is 4. The molecule has 1 heterocycles. The first-order chi connectivity index (χ1) is 12.4. The van der Waals surface area contributed by atoms with Crippen molar-refractivity contribution in [3.63, 3.8) is 0 Å². The van der Waals surface area contributed by atoms with E-state index in [1.165, 1.54) is 23.5 Å². The Bertz CT molecular complexity index is 941. The van der Waals surface area contributed by atoms with Crippen LogP contribution < -0.4 is 10.1 Å². The van der Waals surface area contributed by atoms with E-state index in [1.54, 1.807) is 31.2 Å². The highest BCUT2D eigenvalue weighted by molar-refractivity contribution is 7.13. The maximum Gasteiger partial charge on any atom is 0.267 e. The summed E-state index contributed by atoms with van der Waals surface area (Å²) in [5.74, 6) is -0.0230. The van der Waals surface area contributed by atoms with Crippen LogP contribution in [0.25, 0.3) is 0 Å². The van der Waals surface area contributed by atoms with Crippen LogP contribution in [0.1, 0.15) is 25.9 Å². The minimum Gasteiger partial charge on any atom is -0.486 e. The number of aromatic nitrogens is 1. The zero-order valence-corrected chi connectivity index (χ0v) is 15.7. The summed E-state index contributed by atoms with van der Waals surface area (Å²) in [7, 11) is 0. The van der Waals surface area contributed by atoms with Gasteiger partial charge in [-0.25, -0.2) is 9.37 Å². The van der Waals surface area contributed by atoms with Gasteiger partial charge in [0.1, 0.15) is 28.1 Å². The molecule has 0 fully saturated rings. The molecule has 1 amide bonds. The summed E-state index contributed by atoms with van der Waals surface area (Å²) in [6.07, 6.45) is 0. The summed E-state index contributed by atoms with van der Waals surface area (Å²) in [6, 6.07) is 11.1. The Kier molecular flexibility index (Phi) is 5.54. The molecule has 3 rings (SSSR count). The quantitative estimate of drug-likeness (QED) is 0.636. The topological polar surface area (TPSA) is 51.2 Å². The predicted octanol–water partition coefficient (Wildman–Crippen LogP) is 5.38. The molecule has 7 heteroatoms. The van der Waals surface area contributed by atoms with Gasteiger partial charge in [0.15, 0.2) is 0 Å². The number of aryl methyl sites for hydroxylation is 2. The highest BCUT2D eigenvalue weighted by Crippen LogP contribution is 2.24. The number of thiazole rings is 1. The average molecular weight is 391 g/mol. The van der Waals surface area contributed by atoms with Gasteiger partial charge in [0, 0.05) is 10.7 Å². The van der Waals surface area contributed by atoms with Crippen molar-refractivity contribution in [2.75, 3.05) is 5.32 Å². The molecular weight excluding hydrogens is 375 g/mol. The van der Waals surface area contributed by atoms with Gasteiger partial charge in [-0.3, -0.25) is 4.79 Å². The van der Waals surface area contributed by atoms with E-state index < -0.39 is 0 Å². The normalized spacial score (nSPS) is 10.6. The lowest BCUT2D eigenvalue weighted by Gasteiger charge is -2.06. The fourth-order valence-corrected chi connectivity index (χ4v) is 3.31. The first-order valence-electron chi connectivity index (χ1n) is 7.84. The van der Waals surface area contributed by atoms with Gasteiger partial charge in [-0.15, -0.1) is 11.3 Å². The second kappa shape index (κ2) is 7.85. The summed E-state index contributed by atoms with van der Waals surface area (Å²) in [5.41, 5.74) is 2.20. The summed E-state index contributed by atoms with van der Waals surface area (Å²) in [6.45, 7) is 3.88. The fourth-order valence-electron chi connectivity index (χ4n) is 2.26. The number of carbonyl (C=O) groups is 1. The molecule has 4 nitrogen and oxygen atoms in total. The molecule has 26 heavy (non-hydrogen) atoms. The van der Waals surface area contributed by atoms with Crippen molar-refractivity contribution >= 4 is 34.5 Å². The Morgan fingerprint density at radius 2 is 1.96 bits per heavy atom. The van der Waals surface area contributed by atoms with Gasteiger partial charge in [0.05, 0.1) is 5.69 Å². The molecule has 2 aromatic carbocycles. The molecular formula is C19H16ClFN2O2S. The summed E-state index contributed by atoms with van der Waals surface area (Å²) < 4.78 is 18.5.